The summed E-state index contributed by atoms with van der Waals surface area (Å²) in [6.45, 7) is 8.12. The summed E-state index contributed by atoms with van der Waals surface area (Å²) in [5.41, 5.74) is 2.28. The number of ether oxygens (including phenoxy) is 1. The molecule has 1 amide bonds. The number of carbonyl (C=O) groups is 1. The lowest BCUT2D eigenvalue weighted by Crippen LogP contribution is -2.32. The van der Waals surface area contributed by atoms with Crippen molar-refractivity contribution in [1.29, 1.82) is 0 Å². The van der Waals surface area contributed by atoms with Gasteiger partial charge in [0.2, 0.25) is 5.89 Å². The van der Waals surface area contributed by atoms with Crippen molar-refractivity contribution in [3.63, 3.8) is 0 Å². The smallest absolute Gasteiger partial charge is 0.251 e. The van der Waals surface area contributed by atoms with E-state index in [1.165, 1.54) is 0 Å². The Morgan fingerprint density at radius 2 is 1.90 bits per heavy atom. The standard InChI is InChI=1S/C22H26N4O4/c1-12(2)19(22-24-20(26-30-22)15-5-6-15)23-21(27)16-7-9-17(10-8-16)28-11-18-13(3)25-29-14(18)4/h7-10,12,15,19H,5-6,11H2,1-4H3,(H,23,27). The largest absolute Gasteiger partial charge is 0.489 e. The van der Waals surface area contributed by atoms with E-state index in [0.29, 0.717) is 29.7 Å². The zero-order valence-corrected chi connectivity index (χ0v) is 17.6. The molecule has 0 aliphatic heterocycles. The lowest BCUT2D eigenvalue weighted by Gasteiger charge is -2.18. The molecule has 1 atom stereocenters. The number of carbonyl (C=O) groups excluding carboxylic acids is 1. The molecule has 158 valence electrons. The summed E-state index contributed by atoms with van der Waals surface area (Å²) >= 11 is 0. The molecule has 8 heteroatoms. The molecular weight excluding hydrogens is 384 g/mol. The van der Waals surface area contributed by atoms with Crippen LogP contribution < -0.4 is 10.1 Å². The molecule has 1 aromatic carbocycles. The van der Waals surface area contributed by atoms with Crippen LogP contribution in [0.25, 0.3) is 0 Å². The first-order valence-corrected chi connectivity index (χ1v) is 10.2. The van der Waals surface area contributed by atoms with E-state index in [2.05, 4.69) is 20.6 Å². The summed E-state index contributed by atoms with van der Waals surface area (Å²) < 4.78 is 16.4. The maximum Gasteiger partial charge on any atom is 0.251 e. The maximum absolute atomic E-state index is 12.8. The van der Waals surface area contributed by atoms with Gasteiger partial charge in [-0.3, -0.25) is 4.79 Å². The van der Waals surface area contributed by atoms with Gasteiger partial charge in [0.25, 0.3) is 5.91 Å². The number of aryl methyl sites for hydroxylation is 2. The highest BCUT2D eigenvalue weighted by Crippen LogP contribution is 2.38. The molecule has 30 heavy (non-hydrogen) atoms. The second-order valence-electron chi connectivity index (χ2n) is 8.08. The summed E-state index contributed by atoms with van der Waals surface area (Å²) in [5, 5.41) is 11.0. The number of benzene rings is 1. The van der Waals surface area contributed by atoms with Gasteiger partial charge in [-0.1, -0.05) is 24.2 Å². The molecule has 0 bridgehead atoms. The number of hydrogen-bond acceptors (Lipinski definition) is 7. The van der Waals surface area contributed by atoms with Gasteiger partial charge in [0.15, 0.2) is 5.82 Å². The van der Waals surface area contributed by atoms with E-state index in [1.54, 1.807) is 24.3 Å². The van der Waals surface area contributed by atoms with Gasteiger partial charge in [-0.05, 0) is 56.9 Å². The predicted octanol–water partition coefficient (Wildman–Crippen LogP) is 4.26. The van der Waals surface area contributed by atoms with E-state index in [4.69, 9.17) is 13.8 Å². The summed E-state index contributed by atoms with van der Waals surface area (Å²) in [6, 6.07) is 6.68. The van der Waals surface area contributed by atoms with Gasteiger partial charge in [0, 0.05) is 11.5 Å². The van der Waals surface area contributed by atoms with Crippen molar-refractivity contribution in [3.8, 4) is 5.75 Å². The molecule has 4 rings (SSSR count). The highest BCUT2D eigenvalue weighted by Gasteiger charge is 2.31. The quantitative estimate of drug-likeness (QED) is 0.592. The Labute approximate surface area is 175 Å². The fourth-order valence-corrected chi connectivity index (χ4v) is 3.19. The Morgan fingerprint density at radius 1 is 1.17 bits per heavy atom. The lowest BCUT2D eigenvalue weighted by atomic mass is 10.0. The maximum atomic E-state index is 12.8. The van der Waals surface area contributed by atoms with Crippen molar-refractivity contribution in [2.24, 2.45) is 5.92 Å². The number of nitrogens with zero attached hydrogens (tertiary/aromatic N) is 3. The third-order valence-electron chi connectivity index (χ3n) is 5.30. The molecular formula is C22H26N4O4. The zero-order chi connectivity index (χ0) is 21.3. The first-order valence-electron chi connectivity index (χ1n) is 10.2. The Hall–Kier alpha value is -3.16. The molecule has 1 aliphatic carbocycles. The van der Waals surface area contributed by atoms with Crippen LogP contribution in [-0.4, -0.2) is 21.2 Å². The second kappa shape index (κ2) is 8.30. The SMILES string of the molecule is Cc1noc(C)c1COc1ccc(C(=O)NC(c2nc(C3CC3)no2)C(C)C)cc1. The normalized spacial score (nSPS) is 14.7. The minimum absolute atomic E-state index is 0.110. The molecule has 2 heterocycles. The Morgan fingerprint density at radius 3 is 2.50 bits per heavy atom. The van der Waals surface area contributed by atoms with E-state index in [9.17, 15) is 4.79 Å². The summed E-state index contributed by atoms with van der Waals surface area (Å²) in [5.74, 6) is 2.93. The summed E-state index contributed by atoms with van der Waals surface area (Å²) in [7, 11) is 0. The lowest BCUT2D eigenvalue weighted by molar-refractivity contribution is 0.0914. The third-order valence-corrected chi connectivity index (χ3v) is 5.30. The van der Waals surface area contributed by atoms with Gasteiger partial charge in [0.1, 0.15) is 24.2 Å². The van der Waals surface area contributed by atoms with Crippen molar-refractivity contribution in [1.82, 2.24) is 20.6 Å². The van der Waals surface area contributed by atoms with Crippen LogP contribution in [0.2, 0.25) is 0 Å². The van der Waals surface area contributed by atoms with Crippen molar-refractivity contribution in [3.05, 3.63) is 58.6 Å². The van der Waals surface area contributed by atoms with Crippen LogP contribution in [0.1, 0.15) is 77.7 Å². The van der Waals surface area contributed by atoms with E-state index in [0.717, 1.165) is 35.7 Å². The van der Waals surface area contributed by atoms with Gasteiger partial charge in [0.05, 0.1) is 11.3 Å². The molecule has 8 nitrogen and oxygen atoms in total. The average molecular weight is 410 g/mol. The molecule has 3 aromatic rings. The molecule has 1 saturated carbocycles. The Balaban J connectivity index is 1.39. The monoisotopic (exact) mass is 410 g/mol. The number of hydrogen-bond donors (Lipinski definition) is 1. The number of nitrogens with one attached hydrogen (secondary N) is 1. The van der Waals surface area contributed by atoms with Crippen molar-refractivity contribution >= 4 is 5.91 Å². The second-order valence-corrected chi connectivity index (χ2v) is 8.08. The zero-order valence-electron chi connectivity index (χ0n) is 17.6. The third kappa shape index (κ3) is 4.37. The van der Waals surface area contributed by atoms with Gasteiger partial charge < -0.3 is 19.1 Å². The fraction of sp³-hybridized carbons (Fsp3) is 0.455. The molecule has 1 unspecified atom stereocenters. The van der Waals surface area contributed by atoms with Crippen molar-refractivity contribution in [2.45, 2.75) is 59.1 Å². The minimum atomic E-state index is -0.340. The molecule has 1 aliphatic rings. The fourth-order valence-electron chi connectivity index (χ4n) is 3.19. The molecule has 1 N–H and O–H groups in total. The van der Waals surface area contributed by atoms with E-state index in [1.807, 2.05) is 27.7 Å². The van der Waals surface area contributed by atoms with E-state index < -0.39 is 0 Å². The number of aromatic nitrogens is 3. The van der Waals surface area contributed by atoms with Crippen LogP contribution in [0.4, 0.5) is 0 Å². The van der Waals surface area contributed by atoms with Crippen molar-refractivity contribution in [2.75, 3.05) is 0 Å². The molecule has 0 saturated heterocycles. The Kier molecular flexibility index (Phi) is 5.57. The van der Waals surface area contributed by atoms with Crippen molar-refractivity contribution < 1.29 is 18.6 Å². The van der Waals surface area contributed by atoms with Crippen LogP contribution in [0.15, 0.2) is 33.3 Å². The molecule has 1 fully saturated rings. The van der Waals surface area contributed by atoms with Crippen LogP contribution in [0.5, 0.6) is 5.75 Å². The highest BCUT2D eigenvalue weighted by atomic mass is 16.5. The average Bonchev–Trinajstić information content (AvgIpc) is 3.38. The topological polar surface area (TPSA) is 103 Å². The summed E-state index contributed by atoms with van der Waals surface area (Å²) in [4.78, 5) is 17.3. The predicted molar refractivity (Wildman–Crippen MR) is 108 cm³/mol. The van der Waals surface area contributed by atoms with Gasteiger partial charge >= 0.3 is 0 Å². The van der Waals surface area contributed by atoms with Crippen LogP contribution in [0, 0.1) is 19.8 Å². The van der Waals surface area contributed by atoms with Crippen LogP contribution in [0.3, 0.4) is 0 Å². The number of rotatable bonds is 8. The van der Waals surface area contributed by atoms with Crippen LogP contribution in [-0.2, 0) is 6.61 Å². The van der Waals surface area contributed by atoms with E-state index >= 15 is 0 Å². The molecule has 0 spiro atoms. The van der Waals surface area contributed by atoms with Gasteiger partial charge in [-0.25, -0.2) is 0 Å². The first-order chi connectivity index (χ1) is 14.4. The highest BCUT2D eigenvalue weighted by molar-refractivity contribution is 5.94. The summed E-state index contributed by atoms with van der Waals surface area (Å²) in [6.07, 6.45) is 2.20. The first kappa shape index (κ1) is 20.1. The number of amides is 1. The van der Waals surface area contributed by atoms with Crippen LogP contribution >= 0.6 is 0 Å². The molecule has 2 aromatic heterocycles. The molecule has 0 radical (unpaired) electrons. The minimum Gasteiger partial charge on any atom is -0.489 e. The Bertz CT molecular complexity index is 999. The van der Waals surface area contributed by atoms with Gasteiger partial charge in [-0.2, -0.15) is 4.98 Å². The van der Waals surface area contributed by atoms with E-state index in [-0.39, 0.29) is 17.9 Å². The van der Waals surface area contributed by atoms with Gasteiger partial charge in [-0.15, -0.1) is 0 Å².